The van der Waals surface area contributed by atoms with Gasteiger partial charge in [-0.15, -0.1) is 5.10 Å². The van der Waals surface area contributed by atoms with Gasteiger partial charge in [0.2, 0.25) is 0 Å². The van der Waals surface area contributed by atoms with Crippen LogP contribution in [0.2, 0.25) is 0 Å². The van der Waals surface area contributed by atoms with Gasteiger partial charge >= 0.3 is 0 Å². The second-order valence-corrected chi connectivity index (χ2v) is 7.09. The van der Waals surface area contributed by atoms with Crippen molar-refractivity contribution in [3.63, 3.8) is 0 Å². The van der Waals surface area contributed by atoms with Crippen LogP contribution in [0, 0.1) is 11.3 Å². The van der Waals surface area contributed by atoms with Gasteiger partial charge < -0.3 is 4.90 Å². The van der Waals surface area contributed by atoms with Crippen LogP contribution in [0.3, 0.4) is 0 Å². The van der Waals surface area contributed by atoms with Crippen LogP contribution in [0.5, 0.6) is 0 Å². The van der Waals surface area contributed by atoms with Gasteiger partial charge in [0.15, 0.2) is 15.7 Å². The lowest BCUT2D eigenvalue weighted by atomic mass is 10.0. The van der Waals surface area contributed by atoms with Crippen molar-refractivity contribution in [1.29, 1.82) is 5.26 Å². The molecule has 6 nitrogen and oxygen atoms in total. The molecule has 0 radical (unpaired) electrons. The molecule has 7 heteroatoms. The lowest BCUT2D eigenvalue weighted by molar-refractivity contribution is 0.585. The Morgan fingerprint density at radius 3 is 2.35 bits per heavy atom. The van der Waals surface area contributed by atoms with Crippen LogP contribution < -0.4 is 4.90 Å². The molecule has 1 aliphatic rings. The molecule has 1 saturated heterocycles. The van der Waals surface area contributed by atoms with Gasteiger partial charge in [0.1, 0.15) is 11.6 Å². The van der Waals surface area contributed by atoms with E-state index in [2.05, 4.69) is 16.3 Å². The summed E-state index contributed by atoms with van der Waals surface area (Å²) in [4.78, 5) is 1.85. The van der Waals surface area contributed by atoms with Gasteiger partial charge in [-0.05, 0) is 18.4 Å². The van der Waals surface area contributed by atoms with E-state index in [0.717, 1.165) is 24.1 Å². The second-order valence-electron chi connectivity index (χ2n) is 4.78. The Morgan fingerprint density at radius 2 is 1.85 bits per heavy atom. The minimum atomic E-state index is -2.94. The van der Waals surface area contributed by atoms with Crippen LogP contribution in [0.25, 0.3) is 0 Å². The molecule has 1 aliphatic heterocycles. The first-order valence-corrected chi connectivity index (χ1v) is 8.58. The minimum absolute atomic E-state index is 0.108. The molecule has 0 aromatic carbocycles. The first-order chi connectivity index (χ1) is 9.52. The summed E-state index contributed by atoms with van der Waals surface area (Å²) in [6, 6.07) is 2.21. The van der Waals surface area contributed by atoms with Crippen LogP contribution >= 0.6 is 0 Å². The summed E-state index contributed by atoms with van der Waals surface area (Å²) in [7, 11) is -2.94. The standard InChI is InChI=1S/C13H18N4O2S/c1-3-10-11(9-14)13(16-15-12(10)4-2)17-5-7-20(18,19)8-6-17/h3-8H2,1-2H3. The largest absolute Gasteiger partial charge is 0.352 e. The Bertz CT molecular complexity index is 635. The first kappa shape index (κ1) is 14.7. The third-order valence-electron chi connectivity index (χ3n) is 3.58. The molecule has 0 saturated carbocycles. The van der Waals surface area contributed by atoms with Crippen molar-refractivity contribution in [2.45, 2.75) is 26.7 Å². The normalized spacial score (nSPS) is 17.8. The second kappa shape index (κ2) is 5.75. The maximum atomic E-state index is 11.5. The topological polar surface area (TPSA) is 87.0 Å². The molecule has 1 aromatic rings. The highest BCUT2D eigenvalue weighted by atomic mass is 32.2. The number of nitriles is 1. The minimum Gasteiger partial charge on any atom is -0.352 e. The van der Waals surface area contributed by atoms with Gasteiger partial charge in [-0.3, -0.25) is 0 Å². The Hall–Kier alpha value is -1.68. The molecule has 0 aliphatic carbocycles. The molecule has 0 unspecified atom stereocenters. The SMILES string of the molecule is CCc1nnc(N2CCS(=O)(=O)CC2)c(C#N)c1CC. The summed E-state index contributed by atoms with van der Waals surface area (Å²) in [5, 5.41) is 17.8. The van der Waals surface area contributed by atoms with Gasteiger partial charge in [0, 0.05) is 13.1 Å². The summed E-state index contributed by atoms with van der Waals surface area (Å²) < 4.78 is 23.0. The number of aromatic nitrogens is 2. The van der Waals surface area contributed by atoms with Gasteiger partial charge in [-0.1, -0.05) is 13.8 Å². The third kappa shape index (κ3) is 2.75. The molecule has 0 bridgehead atoms. The monoisotopic (exact) mass is 294 g/mol. The molecule has 1 fully saturated rings. The van der Waals surface area contributed by atoms with Crippen LogP contribution in [-0.4, -0.2) is 43.2 Å². The fourth-order valence-corrected chi connectivity index (χ4v) is 3.63. The maximum Gasteiger partial charge on any atom is 0.169 e. The van der Waals surface area contributed by atoms with Gasteiger partial charge in [0.25, 0.3) is 0 Å². The molecule has 1 aromatic heterocycles. The number of aryl methyl sites for hydroxylation is 1. The maximum absolute atomic E-state index is 11.5. The predicted molar refractivity (Wildman–Crippen MR) is 76.4 cm³/mol. The van der Waals surface area contributed by atoms with Crippen LogP contribution in [0.1, 0.15) is 30.7 Å². The molecule has 0 atom stereocenters. The van der Waals surface area contributed by atoms with Crippen molar-refractivity contribution in [3.05, 3.63) is 16.8 Å². The zero-order valence-corrected chi connectivity index (χ0v) is 12.6. The summed E-state index contributed by atoms with van der Waals surface area (Å²) in [5.41, 5.74) is 2.31. The summed E-state index contributed by atoms with van der Waals surface area (Å²) in [6.07, 6.45) is 1.46. The van der Waals surface area contributed by atoms with E-state index in [-0.39, 0.29) is 11.5 Å². The predicted octanol–water partition coefficient (Wildman–Crippen LogP) is 0.708. The molecule has 2 rings (SSSR count). The van der Waals surface area contributed by atoms with E-state index in [1.165, 1.54) is 0 Å². The van der Waals surface area contributed by atoms with E-state index in [1.807, 2.05) is 18.7 Å². The highest BCUT2D eigenvalue weighted by Gasteiger charge is 2.26. The van der Waals surface area contributed by atoms with Crippen molar-refractivity contribution in [1.82, 2.24) is 10.2 Å². The molecular formula is C13H18N4O2S. The lowest BCUT2D eigenvalue weighted by Crippen LogP contribution is -2.41. The Balaban J connectivity index is 2.41. The van der Waals surface area contributed by atoms with Crippen molar-refractivity contribution < 1.29 is 8.42 Å². The summed E-state index contributed by atoms with van der Waals surface area (Å²) in [5.74, 6) is 0.740. The van der Waals surface area contributed by atoms with Crippen LogP contribution in [0.15, 0.2) is 0 Å². The van der Waals surface area contributed by atoms with Crippen molar-refractivity contribution in [2.24, 2.45) is 0 Å². The number of hydrogen-bond donors (Lipinski definition) is 0. The molecule has 2 heterocycles. The highest BCUT2D eigenvalue weighted by molar-refractivity contribution is 7.91. The first-order valence-electron chi connectivity index (χ1n) is 6.76. The third-order valence-corrected chi connectivity index (χ3v) is 5.19. The van der Waals surface area contributed by atoms with Crippen molar-refractivity contribution in [3.8, 4) is 6.07 Å². The van der Waals surface area contributed by atoms with Crippen molar-refractivity contribution in [2.75, 3.05) is 29.5 Å². The Morgan fingerprint density at radius 1 is 1.20 bits per heavy atom. The Labute approximate surface area is 119 Å². The van der Waals surface area contributed by atoms with Crippen molar-refractivity contribution >= 4 is 15.7 Å². The van der Waals surface area contributed by atoms with E-state index < -0.39 is 9.84 Å². The summed E-state index contributed by atoms with van der Waals surface area (Å²) in [6.45, 7) is 4.72. The number of nitrogens with zero attached hydrogens (tertiary/aromatic N) is 4. The van der Waals surface area contributed by atoms with Gasteiger partial charge in [-0.2, -0.15) is 10.4 Å². The number of hydrogen-bond acceptors (Lipinski definition) is 6. The summed E-state index contributed by atoms with van der Waals surface area (Å²) >= 11 is 0. The molecule has 0 N–H and O–H groups in total. The smallest absolute Gasteiger partial charge is 0.169 e. The van der Waals surface area contributed by atoms with Crippen LogP contribution in [0.4, 0.5) is 5.82 Å². The quantitative estimate of drug-likeness (QED) is 0.816. The fraction of sp³-hybridized carbons (Fsp3) is 0.615. The molecule has 0 amide bonds. The zero-order valence-electron chi connectivity index (χ0n) is 11.8. The Kier molecular flexibility index (Phi) is 4.23. The molecule has 0 spiro atoms. The number of anilines is 1. The van der Waals surface area contributed by atoms with E-state index in [4.69, 9.17) is 0 Å². The van der Waals surface area contributed by atoms with E-state index >= 15 is 0 Å². The zero-order chi connectivity index (χ0) is 14.8. The number of sulfone groups is 1. The lowest BCUT2D eigenvalue weighted by Gasteiger charge is -2.28. The van der Waals surface area contributed by atoms with E-state index in [0.29, 0.717) is 24.5 Å². The van der Waals surface area contributed by atoms with Gasteiger partial charge in [0.05, 0.1) is 17.2 Å². The molecule has 20 heavy (non-hydrogen) atoms. The van der Waals surface area contributed by atoms with Gasteiger partial charge in [-0.25, -0.2) is 8.42 Å². The average Bonchev–Trinajstić information content (AvgIpc) is 2.45. The molecular weight excluding hydrogens is 276 g/mol. The highest BCUT2D eigenvalue weighted by Crippen LogP contribution is 2.24. The van der Waals surface area contributed by atoms with E-state index in [9.17, 15) is 13.7 Å². The fourth-order valence-electron chi connectivity index (χ4n) is 2.43. The number of rotatable bonds is 3. The van der Waals surface area contributed by atoms with E-state index in [1.54, 1.807) is 0 Å². The average molecular weight is 294 g/mol. The molecule has 108 valence electrons. The van der Waals surface area contributed by atoms with Crippen LogP contribution in [-0.2, 0) is 22.7 Å².